The Morgan fingerprint density at radius 1 is 1.55 bits per heavy atom. The van der Waals surface area contributed by atoms with Crippen LogP contribution in [0.25, 0.3) is 11.0 Å². The molecule has 106 valence electrons. The van der Waals surface area contributed by atoms with Gasteiger partial charge in [-0.2, -0.15) is 5.11 Å². The summed E-state index contributed by atoms with van der Waals surface area (Å²) < 4.78 is 28.8. The van der Waals surface area contributed by atoms with Crippen molar-refractivity contribution in [2.45, 2.75) is 12.8 Å². The monoisotopic (exact) mass is 280 g/mol. The smallest absolute Gasteiger partial charge is 0.305 e. The Morgan fingerprint density at radius 2 is 2.35 bits per heavy atom. The molecule has 0 fully saturated rings. The zero-order valence-corrected chi connectivity index (χ0v) is 10.8. The number of carbonyl (C=O) groups excluding carboxylic acids is 1. The van der Waals surface area contributed by atoms with Gasteiger partial charge in [0.15, 0.2) is 17.1 Å². The topological polar surface area (TPSA) is 84.9 Å². The highest BCUT2D eigenvalue weighted by molar-refractivity contribution is 5.92. The molecule has 0 radical (unpaired) electrons. The number of esters is 1. The summed E-state index contributed by atoms with van der Waals surface area (Å²) in [6.45, 7) is 0.242. The number of ether oxygens (including phenoxy) is 2. The lowest BCUT2D eigenvalue weighted by atomic mass is 10.2. The van der Waals surface area contributed by atoms with Crippen LogP contribution in [0.15, 0.2) is 27.9 Å². The molecule has 0 aliphatic rings. The van der Waals surface area contributed by atoms with E-state index in [-0.39, 0.29) is 30.3 Å². The van der Waals surface area contributed by atoms with E-state index in [4.69, 9.17) is 14.7 Å². The summed E-state index contributed by atoms with van der Waals surface area (Å²) in [4.78, 5) is 10.9. The second kappa shape index (κ2) is 6.14. The summed E-state index contributed by atoms with van der Waals surface area (Å²) in [5.74, 6) is -0.717. The fourth-order valence-electron chi connectivity index (χ4n) is 1.78. The van der Waals surface area contributed by atoms with Crippen molar-refractivity contribution in [3.8, 4) is 5.75 Å². The molecule has 0 saturated heterocycles. The van der Waals surface area contributed by atoms with E-state index in [1.54, 1.807) is 6.07 Å². The molecular formula is C13H13FN2O4. The van der Waals surface area contributed by atoms with E-state index in [2.05, 4.69) is 9.85 Å². The summed E-state index contributed by atoms with van der Waals surface area (Å²) >= 11 is 0. The molecule has 20 heavy (non-hydrogen) atoms. The maximum Gasteiger partial charge on any atom is 0.305 e. The van der Waals surface area contributed by atoms with E-state index < -0.39 is 5.82 Å². The molecule has 1 aromatic carbocycles. The lowest BCUT2D eigenvalue weighted by Gasteiger charge is -2.08. The highest BCUT2D eigenvalue weighted by atomic mass is 19.1. The van der Waals surface area contributed by atoms with Crippen LogP contribution in [-0.4, -0.2) is 19.7 Å². The fourth-order valence-corrected chi connectivity index (χ4v) is 1.78. The van der Waals surface area contributed by atoms with Crippen LogP contribution < -0.4 is 4.74 Å². The van der Waals surface area contributed by atoms with Gasteiger partial charge >= 0.3 is 5.97 Å². The average Bonchev–Trinajstić information content (AvgIpc) is 2.92. The predicted molar refractivity (Wildman–Crippen MR) is 67.7 cm³/mol. The van der Waals surface area contributed by atoms with Crippen molar-refractivity contribution in [1.82, 2.24) is 0 Å². The van der Waals surface area contributed by atoms with E-state index in [0.29, 0.717) is 17.6 Å². The molecule has 0 aliphatic carbocycles. The molecular weight excluding hydrogens is 267 g/mol. The Kier molecular flexibility index (Phi) is 4.29. The number of halogens is 1. The summed E-state index contributed by atoms with van der Waals surface area (Å²) in [7, 11) is 1.32. The van der Waals surface area contributed by atoms with Crippen LogP contribution in [0.4, 0.5) is 10.1 Å². The highest BCUT2D eigenvalue weighted by Gasteiger charge is 2.15. The van der Waals surface area contributed by atoms with Crippen LogP contribution in [0.1, 0.15) is 12.8 Å². The molecule has 0 unspecified atom stereocenters. The van der Waals surface area contributed by atoms with Gasteiger partial charge in [0.1, 0.15) is 5.75 Å². The number of methoxy groups -OCH3 is 1. The lowest BCUT2D eigenvalue weighted by molar-refractivity contribution is -0.140. The molecule has 2 aromatic rings. The van der Waals surface area contributed by atoms with E-state index >= 15 is 0 Å². The van der Waals surface area contributed by atoms with Crippen molar-refractivity contribution in [3.63, 3.8) is 0 Å². The van der Waals surface area contributed by atoms with Crippen LogP contribution in [0.5, 0.6) is 5.75 Å². The predicted octanol–water partition coefficient (Wildman–Crippen LogP) is 3.57. The average molecular weight is 280 g/mol. The first-order valence-corrected chi connectivity index (χ1v) is 5.94. The van der Waals surface area contributed by atoms with Gasteiger partial charge in [0, 0.05) is 12.5 Å². The number of hydrogen-bond donors (Lipinski definition) is 1. The minimum Gasteiger partial charge on any atom is -0.493 e. The maximum atomic E-state index is 13.7. The molecule has 0 bridgehead atoms. The number of furan rings is 1. The standard InChI is InChI=1S/C13H13FN2O4/c1-18-11(17)3-2-5-19-10-7-9(14)12(16-15)13-8(10)4-6-20-13/h4,6-7,15H,2-3,5H2,1H3. The molecule has 6 nitrogen and oxygen atoms in total. The van der Waals surface area contributed by atoms with E-state index in [1.807, 2.05) is 0 Å². The Hall–Kier alpha value is -2.44. The summed E-state index contributed by atoms with van der Waals surface area (Å²) in [5, 5.41) is 3.64. The zero-order valence-electron chi connectivity index (χ0n) is 10.8. The van der Waals surface area contributed by atoms with Gasteiger partial charge in [0.2, 0.25) is 0 Å². The molecule has 0 amide bonds. The minimum absolute atomic E-state index is 0.160. The summed E-state index contributed by atoms with van der Waals surface area (Å²) in [6.07, 6.45) is 2.06. The minimum atomic E-state index is -0.689. The highest BCUT2D eigenvalue weighted by Crippen LogP contribution is 2.36. The first-order valence-electron chi connectivity index (χ1n) is 5.94. The fraction of sp³-hybridized carbons (Fsp3) is 0.308. The SMILES string of the molecule is COC(=O)CCCOc1cc(F)c(N=N)c2occc12. The van der Waals surface area contributed by atoms with E-state index in [9.17, 15) is 9.18 Å². The van der Waals surface area contributed by atoms with Crippen LogP contribution >= 0.6 is 0 Å². The van der Waals surface area contributed by atoms with Crippen molar-refractivity contribution < 1.29 is 23.1 Å². The number of nitrogens with zero attached hydrogens (tertiary/aromatic N) is 1. The number of hydrogen-bond acceptors (Lipinski definition) is 6. The molecule has 1 aromatic heterocycles. The molecule has 2 rings (SSSR count). The van der Waals surface area contributed by atoms with Crippen molar-refractivity contribution >= 4 is 22.6 Å². The largest absolute Gasteiger partial charge is 0.493 e. The maximum absolute atomic E-state index is 13.7. The Labute approximate surface area is 114 Å². The Balaban J connectivity index is 2.13. The zero-order chi connectivity index (χ0) is 14.5. The summed E-state index contributed by atoms with van der Waals surface area (Å²) in [6, 6.07) is 2.77. The molecule has 0 saturated carbocycles. The van der Waals surface area contributed by atoms with Crippen molar-refractivity contribution in [3.05, 3.63) is 24.2 Å². The Morgan fingerprint density at radius 3 is 3.05 bits per heavy atom. The summed E-state index contributed by atoms with van der Waals surface area (Å²) in [5.41, 5.74) is 6.95. The van der Waals surface area contributed by atoms with Crippen LogP contribution in [0.3, 0.4) is 0 Å². The lowest BCUT2D eigenvalue weighted by Crippen LogP contribution is -2.04. The Bertz CT molecular complexity index is 639. The van der Waals surface area contributed by atoms with Gasteiger partial charge in [-0.25, -0.2) is 9.92 Å². The molecule has 0 atom stereocenters. The third-order valence-electron chi connectivity index (χ3n) is 2.75. The normalized spacial score (nSPS) is 10.5. The van der Waals surface area contributed by atoms with Gasteiger partial charge in [-0.15, -0.1) is 0 Å². The van der Waals surface area contributed by atoms with Crippen LogP contribution in [-0.2, 0) is 9.53 Å². The number of rotatable bonds is 6. The van der Waals surface area contributed by atoms with Gasteiger partial charge < -0.3 is 13.9 Å². The van der Waals surface area contributed by atoms with Gasteiger partial charge in [0.25, 0.3) is 0 Å². The van der Waals surface area contributed by atoms with Gasteiger partial charge in [0.05, 0.1) is 25.4 Å². The molecule has 0 aliphatic heterocycles. The second-order valence-corrected chi connectivity index (χ2v) is 4.01. The van der Waals surface area contributed by atoms with E-state index in [1.165, 1.54) is 13.4 Å². The molecule has 1 N–H and O–H groups in total. The second-order valence-electron chi connectivity index (χ2n) is 4.01. The third-order valence-corrected chi connectivity index (χ3v) is 2.75. The van der Waals surface area contributed by atoms with Crippen LogP contribution in [0, 0.1) is 11.3 Å². The first kappa shape index (κ1) is 14.0. The van der Waals surface area contributed by atoms with Crippen molar-refractivity contribution in [2.24, 2.45) is 5.11 Å². The third kappa shape index (κ3) is 2.76. The van der Waals surface area contributed by atoms with Crippen molar-refractivity contribution in [2.75, 3.05) is 13.7 Å². The molecule has 0 spiro atoms. The quantitative estimate of drug-likeness (QED) is 0.498. The number of fused-ring (bicyclic) bond motifs is 1. The van der Waals surface area contributed by atoms with Gasteiger partial charge in [-0.3, -0.25) is 4.79 Å². The van der Waals surface area contributed by atoms with Crippen LogP contribution in [0.2, 0.25) is 0 Å². The number of benzene rings is 1. The molecule has 7 heteroatoms. The van der Waals surface area contributed by atoms with E-state index in [0.717, 1.165) is 6.07 Å². The number of carbonyl (C=O) groups is 1. The molecule has 1 heterocycles. The van der Waals surface area contributed by atoms with Crippen molar-refractivity contribution in [1.29, 1.82) is 5.53 Å². The first-order chi connectivity index (χ1) is 9.67. The number of nitrogens with one attached hydrogen (secondary N) is 1. The van der Waals surface area contributed by atoms with Gasteiger partial charge in [-0.1, -0.05) is 0 Å². The van der Waals surface area contributed by atoms with Gasteiger partial charge in [-0.05, 0) is 12.5 Å².